The quantitative estimate of drug-likeness (QED) is 0.221. The van der Waals surface area contributed by atoms with E-state index in [1.807, 2.05) is 36.4 Å². The Balaban J connectivity index is 1.38. The molecule has 2 aromatic heterocycles. The van der Waals surface area contributed by atoms with Crippen LogP contribution in [0.3, 0.4) is 0 Å². The smallest absolute Gasteiger partial charge is 0.323 e. The molecule has 40 heavy (non-hydrogen) atoms. The van der Waals surface area contributed by atoms with Gasteiger partial charge in [0.2, 0.25) is 0 Å². The number of carbonyl (C=O) groups is 1. The van der Waals surface area contributed by atoms with Gasteiger partial charge in [0.25, 0.3) is 5.91 Å². The molecule has 200 valence electrons. The Labute approximate surface area is 225 Å². The van der Waals surface area contributed by atoms with Crippen LogP contribution in [0.1, 0.15) is 33.4 Å². The monoisotopic (exact) mass is 541 g/mol. The number of aromatic amines is 2. The Morgan fingerprint density at radius 3 is 2.60 bits per heavy atom. The van der Waals surface area contributed by atoms with Crippen molar-refractivity contribution in [2.24, 2.45) is 0 Å². The molecule has 0 unspecified atom stereocenters. The lowest BCUT2D eigenvalue weighted by molar-refractivity contribution is 0.0946. The van der Waals surface area contributed by atoms with E-state index >= 15 is 0 Å². The van der Waals surface area contributed by atoms with Crippen LogP contribution < -0.4 is 21.1 Å². The number of ether oxygens (including phenoxy) is 1. The maximum absolute atomic E-state index is 13.6. The zero-order chi connectivity index (χ0) is 28.1. The molecular weight excluding hydrogens is 520 g/mol. The number of benzene rings is 3. The summed E-state index contributed by atoms with van der Waals surface area (Å²) in [6, 6.07) is 19.1. The fourth-order valence-electron chi connectivity index (χ4n) is 3.98. The molecule has 0 aliphatic rings. The van der Waals surface area contributed by atoms with Gasteiger partial charge < -0.3 is 25.3 Å². The summed E-state index contributed by atoms with van der Waals surface area (Å²) < 4.78 is 32.9. The maximum atomic E-state index is 13.6. The highest BCUT2D eigenvalue weighted by Crippen LogP contribution is 2.24. The number of nitrogens with zero attached hydrogens (tertiary/aromatic N) is 3. The average molecular weight is 542 g/mol. The Kier molecular flexibility index (Phi) is 7.45. The van der Waals surface area contributed by atoms with Crippen molar-refractivity contribution >= 4 is 22.8 Å². The zero-order valence-electron chi connectivity index (χ0n) is 20.7. The maximum Gasteiger partial charge on any atom is 0.323 e. The summed E-state index contributed by atoms with van der Waals surface area (Å²) in [5, 5.41) is 15.1. The summed E-state index contributed by atoms with van der Waals surface area (Å²) in [6.07, 6.45) is 1.23. The molecule has 10 nitrogen and oxygen atoms in total. The lowest BCUT2D eigenvalue weighted by Gasteiger charge is -2.21. The summed E-state index contributed by atoms with van der Waals surface area (Å²) >= 11 is 0. The Bertz CT molecular complexity index is 1780. The van der Waals surface area contributed by atoms with Crippen LogP contribution in [0.2, 0.25) is 0 Å². The van der Waals surface area contributed by atoms with Crippen LogP contribution >= 0.6 is 0 Å². The van der Waals surface area contributed by atoms with Crippen molar-refractivity contribution in [2.75, 3.05) is 11.9 Å². The first-order valence-electron chi connectivity index (χ1n) is 12.0. The molecule has 5 aromatic rings. The number of nitriles is 1. The van der Waals surface area contributed by atoms with Crippen molar-refractivity contribution in [3.63, 3.8) is 0 Å². The summed E-state index contributed by atoms with van der Waals surface area (Å²) in [4.78, 5) is 38.4. The van der Waals surface area contributed by atoms with Crippen LogP contribution in [0.25, 0.3) is 11.0 Å². The fraction of sp³-hybridized carbons (Fsp3) is 0.107. The molecule has 0 saturated heterocycles. The molecule has 0 aliphatic carbocycles. The van der Waals surface area contributed by atoms with E-state index in [0.29, 0.717) is 22.3 Å². The second kappa shape index (κ2) is 11.4. The number of hydrogen-bond donors (Lipinski definition) is 4. The number of carbonyl (C=O) groups excluding carboxylic acids is 1. The first-order valence-corrected chi connectivity index (χ1v) is 12.0. The van der Waals surface area contributed by atoms with Gasteiger partial charge in [-0.2, -0.15) is 5.26 Å². The predicted molar refractivity (Wildman–Crippen MR) is 141 cm³/mol. The van der Waals surface area contributed by atoms with Crippen LogP contribution in [-0.4, -0.2) is 32.4 Å². The van der Waals surface area contributed by atoms with Gasteiger partial charge in [-0.1, -0.05) is 36.4 Å². The SMILES string of the molecule is N#Cc1cnc(N[C@@H](COc2ccc3[nH]c(=O)[nH]c3c2)c2ccccc2)c(C(=O)NCc2ccc(F)c(F)c2)n1. The van der Waals surface area contributed by atoms with Crippen LogP contribution in [0.5, 0.6) is 5.75 Å². The molecule has 1 amide bonds. The third-order valence-corrected chi connectivity index (χ3v) is 5.96. The summed E-state index contributed by atoms with van der Waals surface area (Å²) in [7, 11) is 0. The van der Waals surface area contributed by atoms with E-state index in [4.69, 9.17) is 4.74 Å². The molecule has 3 aromatic carbocycles. The number of hydrogen-bond acceptors (Lipinski definition) is 7. The predicted octanol–water partition coefficient (Wildman–Crippen LogP) is 3.96. The Hall–Kier alpha value is -5.57. The van der Waals surface area contributed by atoms with Gasteiger partial charge in [0, 0.05) is 12.6 Å². The number of aromatic nitrogens is 4. The minimum atomic E-state index is -1.03. The van der Waals surface area contributed by atoms with Gasteiger partial charge >= 0.3 is 5.69 Å². The summed E-state index contributed by atoms with van der Waals surface area (Å²) in [5.41, 5.74) is 1.82. The number of amides is 1. The molecule has 1 atom stereocenters. The molecule has 0 fully saturated rings. The molecule has 5 rings (SSSR count). The Morgan fingerprint density at radius 1 is 1.02 bits per heavy atom. The lowest BCUT2D eigenvalue weighted by atomic mass is 10.1. The fourth-order valence-corrected chi connectivity index (χ4v) is 3.98. The van der Waals surface area contributed by atoms with E-state index in [1.165, 1.54) is 12.3 Å². The first kappa shape index (κ1) is 26.1. The number of imidazole rings is 1. The molecule has 0 radical (unpaired) electrons. The van der Waals surface area contributed by atoms with Crippen molar-refractivity contribution in [3.8, 4) is 11.8 Å². The van der Waals surface area contributed by atoms with E-state index in [0.717, 1.165) is 17.7 Å². The van der Waals surface area contributed by atoms with Crippen molar-refractivity contribution < 1.29 is 18.3 Å². The van der Waals surface area contributed by atoms with E-state index in [9.17, 15) is 23.6 Å². The normalized spacial score (nSPS) is 11.5. The number of anilines is 1. The highest BCUT2D eigenvalue weighted by atomic mass is 19.2. The molecule has 0 aliphatic heterocycles. The number of rotatable bonds is 9. The molecule has 0 spiro atoms. The molecule has 0 saturated carbocycles. The van der Waals surface area contributed by atoms with Gasteiger partial charge in [0.05, 0.1) is 23.3 Å². The van der Waals surface area contributed by atoms with Crippen molar-refractivity contribution in [2.45, 2.75) is 12.6 Å². The van der Waals surface area contributed by atoms with Gasteiger partial charge in [0.1, 0.15) is 18.4 Å². The highest BCUT2D eigenvalue weighted by Gasteiger charge is 2.21. The van der Waals surface area contributed by atoms with Crippen LogP contribution in [0.4, 0.5) is 14.6 Å². The van der Waals surface area contributed by atoms with Crippen molar-refractivity contribution in [3.05, 3.63) is 118 Å². The van der Waals surface area contributed by atoms with Crippen LogP contribution in [0, 0.1) is 23.0 Å². The van der Waals surface area contributed by atoms with Crippen LogP contribution in [-0.2, 0) is 6.54 Å². The molecule has 0 bridgehead atoms. The largest absolute Gasteiger partial charge is 0.491 e. The van der Waals surface area contributed by atoms with Gasteiger partial charge in [0.15, 0.2) is 28.8 Å². The molecule has 2 heterocycles. The van der Waals surface area contributed by atoms with E-state index in [-0.39, 0.29) is 36.0 Å². The van der Waals surface area contributed by atoms with E-state index in [1.54, 1.807) is 18.2 Å². The van der Waals surface area contributed by atoms with E-state index in [2.05, 4.69) is 30.6 Å². The number of fused-ring (bicyclic) bond motifs is 1. The standard InChI is InChI=1S/C28H21F2N7O3/c29-20-8-6-16(10-21(20)30)13-33-27(38)25-26(32-14-18(12-31)34-25)35-24(17-4-2-1-3-5-17)15-40-19-7-9-22-23(11-19)37-28(39)36-22/h1-11,14,24H,13,15H2,(H,32,35)(H,33,38)(H2,36,37,39)/t24-/m0/s1. The average Bonchev–Trinajstić information content (AvgIpc) is 3.35. The third-order valence-electron chi connectivity index (χ3n) is 5.96. The first-order chi connectivity index (χ1) is 19.4. The minimum absolute atomic E-state index is 0.0789. The molecule has 12 heteroatoms. The van der Waals surface area contributed by atoms with Crippen LogP contribution in [0.15, 0.2) is 77.7 Å². The molecule has 4 N–H and O–H groups in total. The van der Waals surface area contributed by atoms with Crippen molar-refractivity contribution in [1.29, 1.82) is 5.26 Å². The van der Waals surface area contributed by atoms with Gasteiger partial charge in [-0.05, 0) is 35.4 Å². The second-order valence-corrected chi connectivity index (χ2v) is 8.70. The molecular formula is C28H21F2N7O3. The van der Waals surface area contributed by atoms with Gasteiger partial charge in [-0.25, -0.2) is 23.5 Å². The van der Waals surface area contributed by atoms with Gasteiger partial charge in [-0.15, -0.1) is 0 Å². The zero-order valence-corrected chi connectivity index (χ0v) is 20.7. The number of nitrogens with one attached hydrogen (secondary N) is 4. The second-order valence-electron chi connectivity index (χ2n) is 8.70. The number of halogens is 2. The van der Waals surface area contributed by atoms with Gasteiger partial charge in [-0.3, -0.25) is 4.79 Å². The summed E-state index contributed by atoms with van der Waals surface area (Å²) in [5.74, 6) is -2.12. The minimum Gasteiger partial charge on any atom is -0.491 e. The number of H-pyrrole nitrogens is 2. The lowest BCUT2D eigenvalue weighted by Crippen LogP contribution is -2.27. The topological polar surface area (TPSA) is 149 Å². The van der Waals surface area contributed by atoms with Crippen molar-refractivity contribution in [1.82, 2.24) is 25.3 Å². The summed E-state index contributed by atoms with van der Waals surface area (Å²) in [6.45, 7) is -0.00927. The third kappa shape index (κ3) is 5.94. The Morgan fingerprint density at radius 2 is 1.82 bits per heavy atom. The van der Waals surface area contributed by atoms with E-state index < -0.39 is 23.6 Å². The highest BCUT2D eigenvalue weighted by molar-refractivity contribution is 5.96.